The highest BCUT2D eigenvalue weighted by molar-refractivity contribution is 7.89. The molecule has 2 heterocycles. The molecule has 3 rings (SSSR count). The lowest BCUT2D eigenvalue weighted by molar-refractivity contribution is 0.0940. The number of carbonyl (C=O) groups excluding carboxylic acids is 1. The van der Waals surface area contributed by atoms with Crippen LogP contribution in [0.3, 0.4) is 0 Å². The number of ether oxygens (including phenoxy) is 1. The molecule has 0 spiro atoms. The van der Waals surface area contributed by atoms with Gasteiger partial charge in [-0.1, -0.05) is 0 Å². The van der Waals surface area contributed by atoms with Crippen molar-refractivity contribution in [2.75, 3.05) is 65.9 Å². The average molecular weight is 467 g/mol. The van der Waals surface area contributed by atoms with E-state index in [0.717, 1.165) is 15.6 Å². The second kappa shape index (κ2) is 10.1. The maximum absolute atomic E-state index is 13.3. The normalized spacial score (nSPS) is 16.0. The summed E-state index contributed by atoms with van der Waals surface area (Å²) in [5, 5.41) is 7.10. The highest BCUT2D eigenvalue weighted by Gasteiger charge is 2.25. The Morgan fingerprint density at radius 2 is 1.90 bits per heavy atom. The van der Waals surface area contributed by atoms with Crippen molar-refractivity contribution in [2.24, 2.45) is 0 Å². The number of hydrogen-bond acceptors (Lipinski definition) is 7. The van der Waals surface area contributed by atoms with Crippen molar-refractivity contribution < 1.29 is 17.9 Å². The predicted molar refractivity (Wildman–Crippen MR) is 123 cm³/mol. The van der Waals surface area contributed by atoms with Gasteiger partial charge in [-0.25, -0.2) is 12.7 Å². The first kappa shape index (κ1) is 23.7. The topological polar surface area (TPSA) is 82.2 Å². The van der Waals surface area contributed by atoms with E-state index in [1.54, 1.807) is 23.5 Å². The lowest BCUT2D eigenvalue weighted by Gasteiger charge is -2.31. The maximum Gasteiger partial charge on any atom is 0.253 e. The fourth-order valence-electron chi connectivity index (χ4n) is 3.50. The molecular weight excluding hydrogens is 436 g/mol. The van der Waals surface area contributed by atoms with E-state index in [-0.39, 0.29) is 16.8 Å². The van der Waals surface area contributed by atoms with E-state index in [1.165, 1.54) is 20.2 Å². The molecule has 1 fully saturated rings. The average Bonchev–Trinajstić information content (AvgIpc) is 3.28. The SMILES string of the molecule is CN(C)C(CNC(=O)c1cc(S(=O)(=O)N(C)C)ccc1N1CCOCC1)c1ccsc1. The number of nitrogens with zero attached hydrogens (tertiary/aromatic N) is 3. The van der Waals surface area contributed by atoms with Gasteiger partial charge in [-0.3, -0.25) is 4.79 Å². The molecule has 170 valence electrons. The lowest BCUT2D eigenvalue weighted by Crippen LogP contribution is -2.39. The Morgan fingerprint density at radius 3 is 2.48 bits per heavy atom. The van der Waals surface area contributed by atoms with Crippen LogP contribution in [0, 0.1) is 0 Å². The number of carbonyl (C=O) groups is 1. The summed E-state index contributed by atoms with van der Waals surface area (Å²) in [6.45, 7) is 2.85. The monoisotopic (exact) mass is 466 g/mol. The van der Waals surface area contributed by atoms with Gasteiger partial charge in [0.2, 0.25) is 10.0 Å². The molecule has 1 aliphatic heterocycles. The highest BCUT2D eigenvalue weighted by Crippen LogP contribution is 2.27. The number of hydrogen-bond donors (Lipinski definition) is 1. The molecular formula is C21H30N4O4S2. The van der Waals surface area contributed by atoms with Crippen LogP contribution in [0.1, 0.15) is 22.0 Å². The molecule has 1 atom stereocenters. The van der Waals surface area contributed by atoms with Crippen LogP contribution in [0.5, 0.6) is 0 Å². The first-order valence-corrected chi connectivity index (χ1v) is 12.5. The number of benzene rings is 1. The molecule has 1 aromatic heterocycles. The second-order valence-corrected chi connectivity index (χ2v) is 10.7. The summed E-state index contributed by atoms with van der Waals surface area (Å²) in [5.74, 6) is -0.292. The third-order valence-corrected chi connectivity index (χ3v) is 7.86. The number of likely N-dealkylation sites (N-methyl/N-ethyl adjacent to an activating group) is 1. The Hall–Kier alpha value is -1.98. The van der Waals surface area contributed by atoms with Crippen LogP contribution in [-0.2, 0) is 14.8 Å². The van der Waals surface area contributed by atoms with Gasteiger partial charge >= 0.3 is 0 Å². The summed E-state index contributed by atoms with van der Waals surface area (Å²) in [4.78, 5) is 17.5. The van der Waals surface area contributed by atoms with Gasteiger partial charge in [-0.05, 0) is 54.7 Å². The second-order valence-electron chi connectivity index (χ2n) is 7.81. The molecule has 2 aromatic rings. The number of morpholine rings is 1. The molecule has 1 aliphatic rings. The van der Waals surface area contributed by atoms with Crippen LogP contribution in [0.25, 0.3) is 0 Å². The molecule has 10 heteroatoms. The Kier molecular flexibility index (Phi) is 7.71. The van der Waals surface area contributed by atoms with E-state index < -0.39 is 10.0 Å². The Labute approximate surface area is 188 Å². The van der Waals surface area contributed by atoms with Crippen LogP contribution >= 0.6 is 11.3 Å². The largest absolute Gasteiger partial charge is 0.378 e. The summed E-state index contributed by atoms with van der Waals surface area (Å²) < 4.78 is 31.9. The van der Waals surface area contributed by atoms with E-state index in [1.807, 2.05) is 25.5 Å². The Balaban J connectivity index is 1.91. The molecule has 1 amide bonds. The minimum absolute atomic E-state index is 0.0238. The maximum atomic E-state index is 13.3. The molecule has 1 unspecified atom stereocenters. The summed E-state index contributed by atoms with van der Waals surface area (Å²) in [6, 6.07) is 6.83. The Bertz CT molecular complexity index is 985. The van der Waals surface area contributed by atoms with Gasteiger partial charge in [0.1, 0.15) is 0 Å². The molecule has 0 bridgehead atoms. The number of nitrogens with one attached hydrogen (secondary N) is 1. The van der Waals surface area contributed by atoms with E-state index >= 15 is 0 Å². The van der Waals surface area contributed by atoms with Crippen molar-refractivity contribution in [1.82, 2.24) is 14.5 Å². The zero-order valence-corrected chi connectivity index (χ0v) is 20.0. The predicted octanol–water partition coefficient (Wildman–Crippen LogP) is 1.87. The molecule has 1 aromatic carbocycles. The minimum Gasteiger partial charge on any atom is -0.378 e. The summed E-state index contributed by atoms with van der Waals surface area (Å²) >= 11 is 1.62. The summed E-state index contributed by atoms with van der Waals surface area (Å²) in [6.07, 6.45) is 0. The van der Waals surface area contributed by atoms with E-state index in [4.69, 9.17) is 4.74 Å². The number of sulfonamides is 1. The van der Waals surface area contributed by atoms with Gasteiger partial charge in [0.15, 0.2) is 0 Å². The standard InChI is InChI=1S/C21H30N4O4S2/c1-23(2)20(16-7-12-30-15-16)14-22-21(26)18-13-17(31(27,28)24(3)4)5-6-19(18)25-8-10-29-11-9-25/h5-7,12-13,15,20H,8-11,14H2,1-4H3,(H,22,26). The highest BCUT2D eigenvalue weighted by atomic mass is 32.2. The third kappa shape index (κ3) is 5.45. The van der Waals surface area contributed by atoms with Crippen molar-refractivity contribution in [3.63, 3.8) is 0 Å². The van der Waals surface area contributed by atoms with Crippen molar-refractivity contribution in [3.8, 4) is 0 Å². The van der Waals surface area contributed by atoms with Crippen LogP contribution in [-0.4, -0.2) is 84.6 Å². The van der Waals surface area contributed by atoms with Gasteiger partial charge < -0.3 is 19.9 Å². The fourth-order valence-corrected chi connectivity index (χ4v) is 5.13. The van der Waals surface area contributed by atoms with E-state index in [0.29, 0.717) is 38.4 Å². The molecule has 0 saturated carbocycles. The van der Waals surface area contributed by atoms with Crippen LogP contribution in [0.2, 0.25) is 0 Å². The minimum atomic E-state index is -3.66. The smallest absolute Gasteiger partial charge is 0.253 e. The van der Waals surface area contributed by atoms with Crippen molar-refractivity contribution in [3.05, 3.63) is 46.2 Å². The molecule has 0 aliphatic carbocycles. The van der Waals surface area contributed by atoms with Crippen LogP contribution in [0.4, 0.5) is 5.69 Å². The van der Waals surface area contributed by atoms with Crippen molar-refractivity contribution in [1.29, 1.82) is 0 Å². The number of rotatable bonds is 8. The molecule has 1 N–H and O–H groups in total. The molecule has 1 saturated heterocycles. The molecule has 31 heavy (non-hydrogen) atoms. The Morgan fingerprint density at radius 1 is 1.19 bits per heavy atom. The lowest BCUT2D eigenvalue weighted by atomic mass is 10.1. The first-order valence-electron chi connectivity index (χ1n) is 10.1. The van der Waals surface area contributed by atoms with E-state index in [2.05, 4.69) is 20.5 Å². The van der Waals surface area contributed by atoms with Gasteiger partial charge in [0.25, 0.3) is 5.91 Å². The van der Waals surface area contributed by atoms with Gasteiger partial charge in [-0.2, -0.15) is 11.3 Å². The zero-order chi connectivity index (χ0) is 22.6. The van der Waals surface area contributed by atoms with Crippen LogP contribution < -0.4 is 10.2 Å². The van der Waals surface area contributed by atoms with Gasteiger partial charge in [0.05, 0.1) is 29.7 Å². The van der Waals surface area contributed by atoms with Crippen molar-refractivity contribution >= 4 is 33.0 Å². The van der Waals surface area contributed by atoms with Crippen molar-refractivity contribution in [2.45, 2.75) is 10.9 Å². The van der Waals surface area contributed by atoms with E-state index in [9.17, 15) is 13.2 Å². The quantitative estimate of drug-likeness (QED) is 0.640. The van der Waals surface area contributed by atoms with Crippen LogP contribution in [0.15, 0.2) is 39.9 Å². The summed E-state index contributed by atoms with van der Waals surface area (Å²) in [7, 11) is 3.24. The fraction of sp³-hybridized carbons (Fsp3) is 0.476. The zero-order valence-electron chi connectivity index (χ0n) is 18.4. The number of anilines is 1. The van der Waals surface area contributed by atoms with Gasteiger partial charge in [0, 0.05) is 39.4 Å². The first-order chi connectivity index (χ1) is 14.7. The molecule has 8 nitrogen and oxygen atoms in total. The van der Waals surface area contributed by atoms with Gasteiger partial charge in [-0.15, -0.1) is 0 Å². The molecule has 0 radical (unpaired) electrons. The number of amides is 1. The third-order valence-electron chi connectivity index (χ3n) is 5.35. The number of thiophene rings is 1. The summed E-state index contributed by atoms with van der Waals surface area (Å²) in [5.41, 5.74) is 2.20.